The van der Waals surface area contributed by atoms with E-state index in [9.17, 15) is 0 Å². The summed E-state index contributed by atoms with van der Waals surface area (Å²) in [7, 11) is 1.71. The van der Waals surface area contributed by atoms with Crippen LogP contribution in [0.4, 0.5) is 0 Å². The van der Waals surface area contributed by atoms with Gasteiger partial charge >= 0.3 is 0 Å². The lowest BCUT2D eigenvalue weighted by Gasteiger charge is -2.25. The molecule has 0 atom stereocenters. The number of rotatable bonds is 6. The summed E-state index contributed by atoms with van der Waals surface area (Å²) in [5.41, 5.74) is 2.08. The van der Waals surface area contributed by atoms with E-state index in [2.05, 4.69) is 39.0 Å². The molecule has 0 amide bonds. The summed E-state index contributed by atoms with van der Waals surface area (Å²) in [6.45, 7) is 0. The van der Waals surface area contributed by atoms with E-state index in [0.717, 1.165) is 38.6 Å². The lowest BCUT2D eigenvalue weighted by Crippen LogP contribution is -2.15. The molecule has 0 radical (unpaired) electrons. The highest BCUT2D eigenvalue weighted by molar-refractivity contribution is 7.98. The molecule has 30 heavy (non-hydrogen) atoms. The van der Waals surface area contributed by atoms with Crippen molar-refractivity contribution >= 4 is 33.3 Å². The van der Waals surface area contributed by atoms with Crippen LogP contribution in [0.1, 0.15) is 43.2 Å². The molecule has 2 heterocycles. The van der Waals surface area contributed by atoms with Crippen molar-refractivity contribution in [2.45, 2.75) is 49.1 Å². The molecule has 5 nitrogen and oxygen atoms in total. The van der Waals surface area contributed by atoms with E-state index >= 15 is 0 Å². The molecule has 154 valence electrons. The van der Waals surface area contributed by atoms with Gasteiger partial charge in [0.2, 0.25) is 0 Å². The molecule has 0 saturated heterocycles. The number of thioether (sulfide) groups is 1. The zero-order valence-corrected chi connectivity index (χ0v) is 18.6. The number of ether oxygens (including phenoxy) is 1. The van der Waals surface area contributed by atoms with Gasteiger partial charge < -0.3 is 4.74 Å². The summed E-state index contributed by atoms with van der Waals surface area (Å²) >= 11 is 3.49. The molecular formula is C23H24N4OS2. The first kappa shape index (κ1) is 19.6. The van der Waals surface area contributed by atoms with Gasteiger partial charge in [0.05, 0.1) is 28.6 Å². The molecular weight excluding hydrogens is 412 g/mol. The third-order valence-corrected chi connectivity index (χ3v) is 7.79. The fourth-order valence-corrected chi connectivity index (χ4v) is 6.13. The SMILES string of the molecule is COc1ccccc1-c1nnc(SCc2nc3ccccc3s2)n1C1CCCCC1. The predicted molar refractivity (Wildman–Crippen MR) is 123 cm³/mol. The third-order valence-electron chi connectivity index (χ3n) is 5.62. The lowest BCUT2D eigenvalue weighted by molar-refractivity contribution is 0.338. The van der Waals surface area contributed by atoms with Crippen molar-refractivity contribution in [1.29, 1.82) is 0 Å². The number of nitrogens with zero attached hydrogens (tertiary/aromatic N) is 4. The molecule has 1 aliphatic rings. The number of aromatic nitrogens is 4. The molecule has 5 rings (SSSR count). The summed E-state index contributed by atoms with van der Waals surface area (Å²) in [4.78, 5) is 4.78. The lowest BCUT2D eigenvalue weighted by atomic mass is 9.95. The quantitative estimate of drug-likeness (QED) is 0.329. The van der Waals surface area contributed by atoms with E-state index in [4.69, 9.17) is 9.72 Å². The average molecular weight is 437 g/mol. The second kappa shape index (κ2) is 8.78. The Labute approximate surface area is 184 Å². The normalized spacial score (nSPS) is 15.0. The Kier molecular flexibility index (Phi) is 5.73. The van der Waals surface area contributed by atoms with Crippen molar-refractivity contribution in [1.82, 2.24) is 19.7 Å². The minimum Gasteiger partial charge on any atom is -0.496 e. The molecule has 2 aromatic carbocycles. The van der Waals surface area contributed by atoms with Gasteiger partial charge in [-0.2, -0.15) is 0 Å². The van der Waals surface area contributed by atoms with Crippen LogP contribution in [0.2, 0.25) is 0 Å². The average Bonchev–Trinajstić information content (AvgIpc) is 3.42. The van der Waals surface area contributed by atoms with E-state index in [0.29, 0.717) is 6.04 Å². The first-order chi connectivity index (χ1) is 14.8. The van der Waals surface area contributed by atoms with Gasteiger partial charge in [0.1, 0.15) is 10.8 Å². The van der Waals surface area contributed by atoms with Crippen LogP contribution in [-0.4, -0.2) is 26.9 Å². The second-order valence-corrected chi connectivity index (χ2v) is 9.59. The number of hydrogen-bond donors (Lipinski definition) is 0. The van der Waals surface area contributed by atoms with Crippen LogP contribution in [0.25, 0.3) is 21.6 Å². The molecule has 2 aromatic heterocycles. The van der Waals surface area contributed by atoms with Crippen LogP contribution in [-0.2, 0) is 5.75 Å². The van der Waals surface area contributed by atoms with Crippen molar-refractivity contribution in [2.75, 3.05) is 7.11 Å². The summed E-state index contributed by atoms with van der Waals surface area (Å²) in [5.74, 6) is 2.55. The Balaban J connectivity index is 1.48. The third kappa shape index (κ3) is 3.84. The zero-order valence-electron chi connectivity index (χ0n) is 17.0. The van der Waals surface area contributed by atoms with E-state index in [1.165, 1.54) is 36.8 Å². The largest absolute Gasteiger partial charge is 0.496 e. The van der Waals surface area contributed by atoms with E-state index < -0.39 is 0 Å². The minimum absolute atomic E-state index is 0.437. The molecule has 0 bridgehead atoms. The maximum absolute atomic E-state index is 5.62. The molecule has 0 unspecified atom stereocenters. The Morgan fingerprint density at radius 1 is 1.03 bits per heavy atom. The summed E-state index contributed by atoms with van der Waals surface area (Å²) in [6, 6.07) is 16.8. The molecule has 0 aliphatic heterocycles. The standard InChI is InChI=1S/C23H24N4OS2/c1-28-19-13-7-5-11-17(19)22-25-26-23(27(22)16-9-3-2-4-10-16)29-15-21-24-18-12-6-8-14-20(18)30-21/h5-8,11-14,16H,2-4,9-10,15H2,1H3. The summed E-state index contributed by atoms with van der Waals surface area (Å²) < 4.78 is 9.21. The summed E-state index contributed by atoms with van der Waals surface area (Å²) in [6.07, 6.45) is 6.19. The fraction of sp³-hybridized carbons (Fsp3) is 0.348. The van der Waals surface area contributed by atoms with Gasteiger partial charge in [-0.15, -0.1) is 21.5 Å². The van der Waals surface area contributed by atoms with Crippen LogP contribution in [0, 0.1) is 0 Å². The number of benzene rings is 2. The van der Waals surface area contributed by atoms with Gasteiger partial charge in [-0.05, 0) is 37.1 Å². The van der Waals surface area contributed by atoms with Crippen LogP contribution in [0.3, 0.4) is 0 Å². The zero-order chi connectivity index (χ0) is 20.3. The second-order valence-electron chi connectivity index (χ2n) is 7.53. The number of methoxy groups -OCH3 is 1. The topological polar surface area (TPSA) is 52.8 Å². The number of thiazole rings is 1. The highest BCUT2D eigenvalue weighted by Gasteiger charge is 2.25. The molecule has 4 aromatic rings. The molecule has 1 aliphatic carbocycles. The summed E-state index contributed by atoms with van der Waals surface area (Å²) in [5, 5.41) is 11.3. The number of fused-ring (bicyclic) bond motifs is 1. The van der Waals surface area contributed by atoms with E-state index in [-0.39, 0.29) is 0 Å². The molecule has 1 saturated carbocycles. The molecule has 0 N–H and O–H groups in total. The number of hydrogen-bond acceptors (Lipinski definition) is 6. The highest BCUT2D eigenvalue weighted by atomic mass is 32.2. The predicted octanol–water partition coefficient (Wildman–Crippen LogP) is 6.36. The fourth-order valence-electron chi connectivity index (χ4n) is 4.16. The van der Waals surface area contributed by atoms with Gasteiger partial charge in [0.15, 0.2) is 11.0 Å². The maximum atomic E-state index is 5.62. The smallest absolute Gasteiger partial charge is 0.192 e. The monoisotopic (exact) mass is 436 g/mol. The first-order valence-corrected chi connectivity index (χ1v) is 12.2. The van der Waals surface area contributed by atoms with Crippen molar-refractivity contribution in [3.8, 4) is 17.1 Å². The van der Waals surface area contributed by atoms with Gasteiger partial charge in [-0.25, -0.2) is 4.98 Å². The van der Waals surface area contributed by atoms with Gasteiger partial charge in [-0.1, -0.05) is 55.3 Å². The van der Waals surface area contributed by atoms with Crippen molar-refractivity contribution in [2.24, 2.45) is 0 Å². The van der Waals surface area contributed by atoms with E-state index in [1.54, 1.807) is 30.2 Å². The Hall–Kier alpha value is -2.38. The van der Waals surface area contributed by atoms with Gasteiger partial charge in [0.25, 0.3) is 0 Å². The Morgan fingerprint density at radius 2 is 1.83 bits per heavy atom. The maximum Gasteiger partial charge on any atom is 0.192 e. The van der Waals surface area contributed by atoms with Crippen LogP contribution in [0.15, 0.2) is 53.7 Å². The Morgan fingerprint density at radius 3 is 2.67 bits per heavy atom. The first-order valence-electron chi connectivity index (χ1n) is 10.4. The minimum atomic E-state index is 0.437. The number of para-hydroxylation sites is 2. The van der Waals surface area contributed by atoms with Gasteiger partial charge in [-0.3, -0.25) is 4.57 Å². The van der Waals surface area contributed by atoms with Crippen molar-refractivity contribution < 1.29 is 4.74 Å². The molecule has 0 spiro atoms. The molecule has 7 heteroatoms. The van der Waals surface area contributed by atoms with Crippen molar-refractivity contribution in [3.63, 3.8) is 0 Å². The van der Waals surface area contributed by atoms with Crippen molar-refractivity contribution in [3.05, 3.63) is 53.5 Å². The molecule has 1 fully saturated rings. The van der Waals surface area contributed by atoms with E-state index in [1.807, 2.05) is 24.3 Å². The van der Waals surface area contributed by atoms with Crippen LogP contribution >= 0.6 is 23.1 Å². The Bertz CT molecular complexity index is 1110. The van der Waals surface area contributed by atoms with Gasteiger partial charge in [0, 0.05) is 6.04 Å². The van der Waals surface area contributed by atoms with Crippen LogP contribution in [0.5, 0.6) is 5.75 Å². The van der Waals surface area contributed by atoms with Crippen LogP contribution < -0.4 is 4.74 Å². The highest BCUT2D eigenvalue weighted by Crippen LogP contribution is 2.39.